The van der Waals surface area contributed by atoms with Gasteiger partial charge < -0.3 is 4.43 Å². The van der Waals surface area contributed by atoms with Crippen LogP contribution in [0.2, 0.25) is 16.1 Å². The lowest BCUT2D eigenvalue weighted by molar-refractivity contribution is 0.282. The highest BCUT2D eigenvalue weighted by molar-refractivity contribution is 6.80. The van der Waals surface area contributed by atoms with E-state index in [9.17, 15) is 0 Å². The van der Waals surface area contributed by atoms with Crippen LogP contribution < -0.4 is 0 Å². The Labute approximate surface area is 109 Å². The van der Waals surface area contributed by atoms with Crippen molar-refractivity contribution < 1.29 is 4.43 Å². The minimum atomic E-state index is -1.78. The molecule has 0 atom stereocenters. The van der Waals surface area contributed by atoms with Crippen molar-refractivity contribution >= 4 is 8.32 Å². The van der Waals surface area contributed by atoms with Crippen LogP contribution in [0.4, 0.5) is 0 Å². The zero-order valence-corrected chi connectivity index (χ0v) is 14.1. The molecule has 1 heterocycles. The van der Waals surface area contributed by atoms with Crippen molar-refractivity contribution in [2.24, 2.45) is 5.41 Å². The number of hydrogen-bond acceptors (Lipinski definition) is 1. The minimum Gasteiger partial charge on any atom is -0.545 e. The van der Waals surface area contributed by atoms with Gasteiger partial charge in [-0.25, -0.2) is 0 Å². The summed E-state index contributed by atoms with van der Waals surface area (Å²) in [6.45, 7) is 20.9. The van der Waals surface area contributed by atoms with Crippen LogP contribution in [0.5, 0.6) is 0 Å². The molecule has 0 N–H and O–H groups in total. The lowest BCUT2D eigenvalue weighted by atomic mass is 9.92. The topological polar surface area (TPSA) is 9.23 Å². The van der Waals surface area contributed by atoms with Gasteiger partial charge in [-0.05, 0) is 17.2 Å². The van der Waals surface area contributed by atoms with E-state index in [4.69, 9.17) is 4.43 Å². The lowest BCUT2D eigenvalue weighted by Gasteiger charge is -2.44. The van der Waals surface area contributed by atoms with Crippen LogP contribution >= 0.6 is 0 Å². The zero-order chi connectivity index (χ0) is 13.6. The van der Waals surface area contributed by atoms with Gasteiger partial charge in [0.1, 0.15) is 0 Å². The Morgan fingerprint density at radius 3 is 1.65 bits per heavy atom. The molecular formula is C15H30OSi. The predicted molar refractivity (Wildman–Crippen MR) is 78.6 cm³/mol. The maximum absolute atomic E-state index is 6.65. The fourth-order valence-corrected chi connectivity index (χ4v) is 9.67. The summed E-state index contributed by atoms with van der Waals surface area (Å²) in [4.78, 5) is 0. The third-order valence-electron chi connectivity index (χ3n) is 4.23. The molecule has 1 nitrogen and oxygen atoms in total. The molecule has 0 amide bonds. The highest BCUT2D eigenvalue weighted by Crippen LogP contribution is 2.59. The molecule has 0 fully saturated rings. The first-order valence-electron chi connectivity index (χ1n) is 6.87. The first kappa shape index (κ1) is 14.8. The molecule has 0 aromatic rings. The van der Waals surface area contributed by atoms with Crippen molar-refractivity contribution in [1.82, 2.24) is 0 Å². The SMILES string of the molecule is CC(C)[Si]1(C(C)C)OC(C(C)(C)C)=CC1(C)C. The normalized spacial score (nSPS) is 22.9. The Morgan fingerprint density at radius 1 is 1.06 bits per heavy atom. The molecule has 0 unspecified atom stereocenters. The van der Waals surface area contributed by atoms with Gasteiger partial charge in [0.25, 0.3) is 8.32 Å². The van der Waals surface area contributed by atoms with Gasteiger partial charge in [-0.1, -0.05) is 62.3 Å². The van der Waals surface area contributed by atoms with Gasteiger partial charge in [0.2, 0.25) is 0 Å². The Kier molecular flexibility index (Phi) is 3.62. The van der Waals surface area contributed by atoms with Gasteiger partial charge in [0, 0.05) is 10.5 Å². The van der Waals surface area contributed by atoms with Gasteiger partial charge in [-0.3, -0.25) is 0 Å². The predicted octanol–water partition coefficient (Wildman–Crippen LogP) is 5.49. The van der Waals surface area contributed by atoms with Gasteiger partial charge in [-0.2, -0.15) is 0 Å². The van der Waals surface area contributed by atoms with Crippen molar-refractivity contribution in [3.05, 3.63) is 11.8 Å². The summed E-state index contributed by atoms with van der Waals surface area (Å²) in [6, 6.07) is 0. The van der Waals surface area contributed by atoms with Crippen molar-refractivity contribution in [1.29, 1.82) is 0 Å². The Balaban J connectivity index is 3.24. The van der Waals surface area contributed by atoms with E-state index in [1.807, 2.05) is 0 Å². The molecule has 0 aromatic carbocycles. The van der Waals surface area contributed by atoms with Crippen molar-refractivity contribution in [3.63, 3.8) is 0 Å². The first-order valence-corrected chi connectivity index (χ1v) is 8.94. The molecule has 1 aliphatic heterocycles. The molecule has 0 radical (unpaired) electrons. The average molecular weight is 254 g/mol. The third-order valence-corrected chi connectivity index (χ3v) is 10.4. The van der Waals surface area contributed by atoms with Crippen LogP contribution in [0.1, 0.15) is 62.3 Å². The summed E-state index contributed by atoms with van der Waals surface area (Å²) >= 11 is 0. The molecule has 0 saturated carbocycles. The molecule has 0 aromatic heterocycles. The molecule has 100 valence electrons. The van der Waals surface area contributed by atoms with Crippen molar-refractivity contribution in [2.75, 3.05) is 0 Å². The van der Waals surface area contributed by atoms with E-state index in [-0.39, 0.29) is 10.5 Å². The maximum Gasteiger partial charge on any atom is 0.265 e. The largest absolute Gasteiger partial charge is 0.545 e. The Bertz CT molecular complexity index is 310. The third kappa shape index (κ3) is 2.21. The van der Waals surface area contributed by atoms with E-state index >= 15 is 0 Å². The molecule has 17 heavy (non-hydrogen) atoms. The smallest absolute Gasteiger partial charge is 0.265 e. The second-order valence-corrected chi connectivity index (χ2v) is 13.1. The van der Waals surface area contributed by atoms with Crippen LogP contribution in [-0.4, -0.2) is 8.32 Å². The second kappa shape index (κ2) is 4.15. The minimum absolute atomic E-state index is 0.135. The summed E-state index contributed by atoms with van der Waals surface area (Å²) in [7, 11) is -1.78. The standard InChI is InChI=1S/C15H30OSi/c1-11(2)17(12(3)4)15(8,9)10-13(16-17)14(5,6)7/h10-12H,1-9H3. The van der Waals surface area contributed by atoms with Crippen LogP contribution in [0.25, 0.3) is 0 Å². The summed E-state index contributed by atoms with van der Waals surface area (Å²) in [5.74, 6) is 1.22. The molecule has 1 aliphatic rings. The maximum atomic E-state index is 6.65. The van der Waals surface area contributed by atoms with E-state index in [0.717, 1.165) is 0 Å². The number of hydrogen-bond donors (Lipinski definition) is 0. The number of allylic oxidation sites excluding steroid dienone is 2. The fraction of sp³-hybridized carbons (Fsp3) is 0.867. The van der Waals surface area contributed by atoms with E-state index in [1.54, 1.807) is 0 Å². The van der Waals surface area contributed by atoms with Crippen LogP contribution in [-0.2, 0) is 4.43 Å². The highest BCUT2D eigenvalue weighted by Gasteiger charge is 2.59. The van der Waals surface area contributed by atoms with E-state index in [1.165, 1.54) is 5.76 Å². The van der Waals surface area contributed by atoms with Crippen LogP contribution in [0, 0.1) is 5.41 Å². The van der Waals surface area contributed by atoms with Crippen LogP contribution in [0.15, 0.2) is 11.8 Å². The quantitative estimate of drug-likeness (QED) is 0.592. The lowest BCUT2D eigenvalue weighted by Crippen LogP contribution is -2.50. The van der Waals surface area contributed by atoms with Crippen LogP contribution in [0.3, 0.4) is 0 Å². The zero-order valence-electron chi connectivity index (χ0n) is 13.1. The average Bonchev–Trinajstić information content (AvgIpc) is 2.36. The van der Waals surface area contributed by atoms with Gasteiger partial charge in [-0.15, -0.1) is 0 Å². The van der Waals surface area contributed by atoms with Gasteiger partial charge in [0.05, 0.1) is 5.76 Å². The van der Waals surface area contributed by atoms with E-state index in [0.29, 0.717) is 11.1 Å². The van der Waals surface area contributed by atoms with E-state index in [2.05, 4.69) is 68.4 Å². The first-order chi connectivity index (χ1) is 7.45. The Morgan fingerprint density at radius 2 is 1.47 bits per heavy atom. The Hall–Kier alpha value is -0.243. The molecular weight excluding hydrogens is 224 g/mol. The molecule has 0 bridgehead atoms. The summed E-state index contributed by atoms with van der Waals surface area (Å²) in [5.41, 5.74) is 1.43. The monoisotopic (exact) mass is 254 g/mol. The van der Waals surface area contributed by atoms with Gasteiger partial charge >= 0.3 is 0 Å². The molecule has 0 aliphatic carbocycles. The number of rotatable bonds is 2. The summed E-state index contributed by atoms with van der Waals surface area (Å²) in [5, 5.41) is 0.234. The van der Waals surface area contributed by atoms with Crippen molar-refractivity contribution in [2.45, 2.75) is 78.4 Å². The molecule has 0 saturated heterocycles. The highest BCUT2D eigenvalue weighted by atomic mass is 28.4. The van der Waals surface area contributed by atoms with E-state index < -0.39 is 8.32 Å². The fourth-order valence-electron chi connectivity index (χ4n) is 3.54. The molecule has 2 heteroatoms. The van der Waals surface area contributed by atoms with Gasteiger partial charge in [0.15, 0.2) is 0 Å². The second-order valence-electron chi connectivity index (χ2n) is 7.68. The summed E-state index contributed by atoms with van der Waals surface area (Å²) < 4.78 is 6.65. The van der Waals surface area contributed by atoms with Crippen molar-refractivity contribution in [3.8, 4) is 0 Å². The molecule has 0 spiro atoms. The molecule has 1 rings (SSSR count). The summed E-state index contributed by atoms with van der Waals surface area (Å²) in [6.07, 6.45) is 2.42.